The maximum atomic E-state index is 12.8. The summed E-state index contributed by atoms with van der Waals surface area (Å²) in [5, 5.41) is 0. The summed E-state index contributed by atoms with van der Waals surface area (Å²) in [6.07, 6.45) is 0.349. The molecule has 142 valence electrons. The topological polar surface area (TPSA) is 49.9 Å². The molecule has 0 spiro atoms. The maximum Gasteiger partial charge on any atom is 0.254 e. The van der Waals surface area contributed by atoms with Crippen molar-refractivity contribution in [3.8, 4) is 5.75 Å². The molecule has 2 aromatic carbocycles. The van der Waals surface area contributed by atoms with Crippen molar-refractivity contribution in [2.75, 3.05) is 33.3 Å². The Hall–Kier alpha value is -2.82. The summed E-state index contributed by atoms with van der Waals surface area (Å²) in [7, 11) is 1.62. The van der Waals surface area contributed by atoms with Crippen LogP contribution in [0.5, 0.6) is 5.75 Å². The van der Waals surface area contributed by atoms with Crippen LogP contribution in [0.1, 0.15) is 27.0 Å². The average molecular weight is 366 g/mol. The molecule has 27 heavy (non-hydrogen) atoms. The summed E-state index contributed by atoms with van der Waals surface area (Å²) in [4.78, 5) is 29.1. The maximum absolute atomic E-state index is 12.8. The van der Waals surface area contributed by atoms with Crippen molar-refractivity contribution in [1.82, 2.24) is 9.80 Å². The summed E-state index contributed by atoms with van der Waals surface area (Å²) >= 11 is 0. The van der Waals surface area contributed by atoms with Gasteiger partial charge in [-0.15, -0.1) is 0 Å². The number of hydrogen-bond acceptors (Lipinski definition) is 3. The van der Waals surface area contributed by atoms with E-state index in [0.29, 0.717) is 32.6 Å². The number of amides is 2. The normalized spacial score (nSPS) is 14.2. The van der Waals surface area contributed by atoms with Gasteiger partial charge in [0.1, 0.15) is 5.75 Å². The number of carbonyl (C=O) groups excluding carboxylic acids is 2. The van der Waals surface area contributed by atoms with Crippen molar-refractivity contribution in [2.24, 2.45) is 0 Å². The van der Waals surface area contributed by atoms with Crippen LogP contribution < -0.4 is 4.74 Å². The smallest absolute Gasteiger partial charge is 0.254 e. The fourth-order valence-electron chi connectivity index (χ4n) is 3.36. The van der Waals surface area contributed by atoms with Gasteiger partial charge in [-0.1, -0.05) is 29.8 Å². The second-order valence-corrected chi connectivity index (χ2v) is 7.02. The van der Waals surface area contributed by atoms with E-state index in [1.165, 1.54) is 0 Å². The Morgan fingerprint density at radius 3 is 2.37 bits per heavy atom. The summed E-state index contributed by atoms with van der Waals surface area (Å²) in [6, 6.07) is 13.5. The number of aryl methyl sites for hydroxylation is 2. The van der Waals surface area contributed by atoms with E-state index in [9.17, 15) is 9.59 Å². The molecule has 3 rings (SSSR count). The molecule has 0 bridgehead atoms. The molecule has 1 saturated heterocycles. The fourth-order valence-corrected chi connectivity index (χ4v) is 3.36. The minimum atomic E-state index is 0.0519. The summed E-state index contributed by atoms with van der Waals surface area (Å²) in [5.41, 5.74) is 3.76. The van der Waals surface area contributed by atoms with Gasteiger partial charge in [-0.2, -0.15) is 0 Å². The molecule has 1 aliphatic heterocycles. The van der Waals surface area contributed by atoms with Gasteiger partial charge in [0.2, 0.25) is 5.91 Å². The van der Waals surface area contributed by atoms with Gasteiger partial charge in [0, 0.05) is 31.7 Å². The van der Waals surface area contributed by atoms with E-state index in [-0.39, 0.29) is 11.8 Å². The van der Waals surface area contributed by atoms with E-state index < -0.39 is 0 Å². The molecule has 0 aliphatic carbocycles. The van der Waals surface area contributed by atoms with Crippen molar-refractivity contribution >= 4 is 11.8 Å². The zero-order chi connectivity index (χ0) is 19.4. The van der Waals surface area contributed by atoms with Crippen LogP contribution in [-0.4, -0.2) is 54.9 Å². The van der Waals surface area contributed by atoms with Gasteiger partial charge in [0.15, 0.2) is 0 Å². The lowest BCUT2D eigenvalue weighted by atomic mass is 10.0. The third kappa shape index (κ3) is 4.48. The molecular weight excluding hydrogens is 340 g/mol. The van der Waals surface area contributed by atoms with Crippen molar-refractivity contribution in [3.63, 3.8) is 0 Å². The number of ether oxygens (including phenoxy) is 1. The molecule has 2 aromatic rings. The molecule has 0 saturated carbocycles. The van der Waals surface area contributed by atoms with E-state index in [1.807, 2.05) is 66.1 Å². The summed E-state index contributed by atoms with van der Waals surface area (Å²) in [6.45, 7) is 6.22. The largest absolute Gasteiger partial charge is 0.497 e. The monoisotopic (exact) mass is 366 g/mol. The molecule has 5 nitrogen and oxygen atoms in total. The van der Waals surface area contributed by atoms with Crippen LogP contribution in [0.4, 0.5) is 0 Å². The lowest BCUT2D eigenvalue weighted by molar-refractivity contribution is -0.131. The minimum Gasteiger partial charge on any atom is -0.497 e. The van der Waals surface area contributed by atoms with E-state index in [2.05, 4.69) is 0 Å². The highest BCUT2D eigenvalue weighted by molar-refractivity contribution is 5.96. The van der Waals surface area contributed by atoms with Gasteiger partial charge in [-0.05, 0) is 43.2 Å². The number of benzene rings is 2. The molecular formula is C22H26N2O3. The Labute approximate surface area is 160 Å². The molecule has 2 amide bonds. The van der Waals surface area contributed by atoms with Crippen molar-refractivity contribution in [2.45, 2.75) is 20.3 Å². The third-order valence-electron chi connectivity index (χ3n) is 5.03. The zero-order valence-corrected chi connectivity index (χ0v) is 16.2. The number of nitrogens with zero attached hydrogens (tertiary/aromatic N) is 2. The molecule has 0 radical (unpaired) electrons. The van der Waals surface area contributed by atoms with Gasteiger partial charge in [-0.25, -0.2) is 0 Å². The molecule has 1 aliphatic rings. The van der Waals surface area contributed by atoms with Crippen LogP contribution in [0, 0.1) is 13.8 Å². The number of methoxy groups -OCH3 is 1. The lowest BCUT2D eigenvalue weighted by Crippen LogP contribution is -2.51. The van der Waals surface area contributed by atoms with Crippen LogP contribution in [0.2, 0.25) is 0 Å². The van der Waals surface area contributed by atoms with E-state index in [1.54, 1.807) is 7.11 Å². The molecule has 0 unspecified atom stereocenters. The molecule has 5 heteroatoms. The Kier molecular flexibility index (Phi) is 5.79. The van der Waals surface area contributed by atoms with Crippen LogP contribution in [0.15, 0.2) is 42.5 Å². The van der Waals surface area contributed by atoms with E-state index in [4.69, 9.17) is 4.74 Å². The lowest BCUT2D eigenvalue weighted by Gasteiger charge is -2.35. The number of rotatable bonds is 4. The number of piperazine rings is 1. The number of hydrogen-bond donors (Lipinski definition) is 0. The highest BCUT2D eigenvalue weighted by atomic mass is 16.5. The molecule has 1 fully saturated rings. The predicted molar refractivity (Wildman–Crippen MR) is 105 cm³/mol. The first-order chi connectivity index (χ1) is 13.0. The molecule has 0 aromatic heterocycles. The second kappa shape index (κ2) is 8.25. The fraction of sp³-hybridized carbons (Fsp3) is 0.364. The van der Waals surface area contributed by atoms with E-state index >= 15 is 0 Å². The average Bonchev–Trinajstić information content (AvgIpc) is 2.69. The first kappa shape index (κ1) is 19.0. The highest BCUT2D eigenvalue weighted by Crippen LogP contribution is 2.17. The Morgan fingerprint density at radius 1 is 0.963 bits per heavy atom. The summed E-state index contributed by atoms with van der Waals surface area (Å²) in [5.74, 6) is 0.891. The molecule has 1 heterocycles. The molecule has 0 atom stereocenters. The van der Waals surface area contributed by atoms with Crippen LogP contribution >= 0.6 is 0 Å². The minimum absolute atomic E-state index is 0.0519. The van der Waals surface area contributed by atoms with Crippen LogP contribution in [-0.2, 0) is 11.2 Å². The predicted octanol–water partition coefficient (Wildman–Crippen LogP) is 2.84. The van der Waals surface area contributed by atoms with Gasteiger partial charge in [0.05, 0.1) is 13.5 Å². The van der Waals surface area contributed by atoms with Gasteiger partial charge in [0.25, 0.3) is 5.91 Å². The van der Waals surface area contributed by atoms with Crippen LogP contribution in [0.3, 0.4) is 0 Å². The standard InChI is InChI=1S/C22H26N2O3/c1-16-7-8-17(2)20(13-16)22(26)24-11-9-23(10-12-24)21(25)15-18-5-4-6-19(14-18)27-3/h4-8,13-14H,9-12,15H2,1-3H3. The number of carbonyl (C=O) groups is 2. The van der Waals surface area contributed by atoms with Crippen molar-refractivity contribution < 1.29 is 14.3 Å². The van der Waals surface area contributed by atoms with Crippen molar-refractivity contribution in [1.29, 1.82) is 0 Å². The van der Waals surface area contributed by atoms with Gasteiger partial charge < -0.3 is 14.5 Å². The van der Waals surface area contributed by atoms with Gasteiger partial charge in [-0.3, -0.25) is 9.59 Å². The first-order valence-electron chi connectivity index (χ1n) is 9.25. The Balaban J connectivity index is 1.58. The second-order valence-electron chi connectivity index (χ2n) is 7.02. The quantitative estimate of drug-likeness (QED) is 0.836. The summed E-state index contributed by atoms with van der Waals surface area (Å²) < 4.78 is 5.21. The van der Waals surface area contributed by atoms with Gasteiger partial charge >= 0.3 is 0 Å². The highest BCUT2D eigenvalue weighted by Gasteiger charge is 2.25. The third-order valence-corrected chi connectivity index (χ3v) is 5.03. The SMILES string of the molecule is COc1cccc(CC(=O)N2CCN(C(=O)c3cc(C)ccc3C)CC2)c1. The first-order valence-corrected chi connectivity index (χ1v) is 9.25. The Morgan fingerprint density at radius 2 is 1.67 bits per heavy atom. The Bertz CT molecular complexity index is 839. The van der Waals surface area contributed by atoms with Crippen molar-refractivity contribution in [3.05, 3.63) is 64.7 Å². The zero-order valence-electron chi connectivity index (χ0n) is 16.2. The molecule has 0 N–H and O–H groups in total. The van der Waals surface area contributed by atoms with E-state index in [0.717, 1.165) is 28.0 Å². The van der Waals surface area contributed by atoms with Crippen LogP contribution in [0.25, 0.3) is 0 Å².